The van der Waals surface area contributed by atoms with Crippen molar-refractivity contribution in [1.29, 1.82) is 0 Å². The Morgan fingerprint density at radius 3 is 2.62 bits per heavy atom. The van der Waals surface area contributed by atoms with Gasteiger partial charge in [-0.05, 0) is 54.8 Å². The second-order valence-electron chi connectivity index (χ2n) is 5.60. The summed E-state index contributed by atoms with van der Waals surface area (Å²) in [7, 11) is 0. The minimum atomic E-state index is -0.0923. The van der Waals surface area contributed by atoms with Crippen molar-refractivity contribution in [3.63, 3.8) is 0 Å². The highest BCUT2D eigenvalue weighted by atomic mass is 35.5. The van der Waals surface area contributed by atoms with Gasteiger partial charge in [0, 0.05) is 21.2 Å². The minimum absolute atomic E-state index is 0.0923. The van der Waals surface area contributed by atoms with E-state index in [0.29, 0.717) is 17.3 Å². The van der Waals surface area contributed by atoms with E-state index in [1.807, 2.05) is 66.9 Å². The van der Waals surface area contributed by atoms with Gasteiger partial charge in [0.1, 0.15) is 11.5 Å². The quantitative estimate of drug-likeness (QED) is 0.558. The van der Waals surface area contributed by atoms with Crippen LogP contribution in [-0.2, 0) is 11.3 Å². The first-order valence-electron chi connectivity index (χ1n) is 8.14. The number of carbonyl (C=O) groups is 1. The number of hydrogen-bond acceptors (Lipinski definition) is 4. The van der Waals surface area contributed by atoms with Crippen molar-refractivity contribution in [3.8, 4) is 11.3 Å². The molecular formula is C20H19ClN2O2S. The van der Waals surface area contributed by atoms with Crippen molar-refractivity contribution < 1.29 is 9.21 Å². The summed E-state index contributed by atoms with van der Waals surface area (Å²) in [4.78, 5) is 13.2. The van der Waals surface area contributed by atoms with Gasteiger partial charge < -0.3 is 15.1 Å². The number of benzene rings is 2. The lowest BCUT2D eigenvalue weighted by Gasteiger charge is -2.10. The van der Waals surface area contributed by atoms with Crippen LogP contribution in [0.5, 0.6) is 0 Å². The molecule has 0 spiro atoms. The molecule has 0 aliphatic rings. The summed E-state index contributed by atoms with van der Waals surface area (Å²) in [6, 6.07) is 19.1. The molecule has 2 N–H and O–H groups in total. The van der Waals surface area contributed by atoms with Crippen molar-refractivity contribution in [2.75, 3.05) is 18.1 Å². The Morgan fingerprint density at radius 2 is 1.85 bits per heavy atom. The van der Waals surface area contributed by atoms with Gasteiger partial charge in [0.15, 0.2) is 0 Å². The summed E-state index contributed by atoms with van der Waals surface area (Å²) in [5.41, 5.74) is 1.90. The number of hydrogen-bond donors (Lipinski definition) is 2. The van der Waals surface area contributed by atoms with E-state index in [0.717, 1.165) is 21.9 Å². The van der Waals surface area contributed by atoms with Gasteiger partial charge in [0.05, 0.1) is 13.1 Å². The zero-order valence-corrected chi connectivity index (χ0v) is 15.9. The monoisotopic (exact) mass is 386 g/mol. The SMILES string of the molecule is CSc1ccccc1NCC(=O)NCc1ccc(-c2ccc(Cl)cc2)o1. The number of amides is 1. The van der Waals surface area contributed by atoms with Crippen molar-refractivity contribution in [2.24, 2.45) is 0 Å². The molecular weight excluding hydrogens is 368 g/mol. The second kappa shape index (κ2) is 8.83. The third-order valence-electron chi connectivity index (χ3n) is 3.80. The van der Waals surface area contributed by atoms with Crippen LogP contribution in [0, 0.1) is 0 Å². The standard InChI is InChI=1S/C20H19ClN2O2S/c1-26-19-5-3-2-4-17(19)22-13-20(24)23-12-16-10-11-18(25-16)14-6-8-15(21)9-7-14/h2-11,22H,12-13H2,1H3,(H,23,24). The average Bonchev–Trinajstić information content (AvgIpc) is 3.14. The Hall–Kier alpha value is -2.37. The maximum atomic E-state index is 12.1. The maximum absolute atomic E-state index is 12.1. The molecule has 26 heavy (non-hydrogen) atoms. The number of anilines is 1. The number of rotatable bonds is 7. The zero-order chi connectivity index (χ0) is 18.4. The van der Waals surface area contributed by atoms with Crippen LogP contribution in [0.25, 0.3) is 11.3 Å². The molecule has 0 saturated heterocycles. The topological polar surface area (TPSA) is 54.3 Å². The lowest BCUT2D eigenvalue weighted by atomic mass is 10.2. The van der Waals surface area contributed by atoms with Gasteiger partial charge in [0.25, 0.3) is 0 Å². The lowest BCUT2D eigenvalue weighted by molar-refractivity contribution is -0.119. The summed E-state index contributed by atoms with van der Waals surface area (Å²) in [6.45, 7) is 0.556. The molecule has 4 nitrogen and oxygen atoms in total. The molecule has 6 heteroatoms. The number of thioether (sulfide) groups is 1. The van der Waals surface area contributed by atoms with Gasteiger partial charge in [0.2, 0.25) is 5.91 Å². The van der Waals surface area contributed by atoms with Gasteiger partial charge in [-0.25, -0.2) is 0 Å². The van der Waals surface area contributed by atoms with Crippen molar-refractivity contribution in [3.05, 3.63) is 71.4 Å². The normalized spacial score (nSPS) is 10.5. The van der Waals surface area contributed by atoms with Crippen LogP contribution in [0.2, 0.25) is 5.02 Å². The largest absolute Gasteiger partial charge is 0.459 e. The highest BCUT2D eigenvalue weighted by Crippen LogP contribution is 2.25. The van der Waals surface area contributed by atoms with E-state index in [-0.39, 0.29) is 12.5 Å². The van der Waals surface area contributed by atoms with E-state index in [9.17, 15) is 4.79 Å². The molecule has 0 unspecified atom stereocenters. The molecule has 0 aliphatic heterocycles. The molecule has 1 heterocycles. The maximum Gasteiger partial charge on any atom is 0.239 e. The fourth-order valence-corrected chi connectivity index (χ4v) is 3.16. The van der Waals surface area contributed by atoms with Crippen LogP contribution >= 0.6 is 23.4 Å². The van der Waals surface area contributed by atoms with Crippen LogP contribution in [-0.4, -0.2) is 18.7 Å². The summed E-state index contributed by atoms with van der Waals surface area (Å²) in [6.07, 6.45) is 2.01. The number of nitrogens with one attached hydrogen (secondary N) is 2. The Labute approximate surface area is 161 Å². The minimum Gasteiger partial charge on any atom is -0.459 e. The second-order valence-corrected chi connectivity index (χ2v) is 6.89. The van der Waals surface area contributed by atoms with Gasteiger partial charge in [-0.2, -0.15) is 0 Å². The third kappa shape index (κ3) is 4.84. The van der Waals surface area contributed by atoms with Crippen LogP contribution in [0.1, 0.15) is 5.76 Å². The smallest absolute Gasteiger partial charge is 0.239 e. The Morgan fingerprint density at radius 1 is 1.08 bits per heavy atom. The molecule has 0 aliphatic carbocycles. The van der Waals surface area contributed by atoms with Crippen molar-refractivity contribution >= 4 is 35.0 Å². The predicted molar refractivity (Wildman–Crippen MR) is 108 cm³/mol. The lowest BCUT2D eigenvalue weighted by Crippen LogP contribution is -2.29. The fraction of sp³-hybridized carbons (Fsp3) is 0.150. The Bertz CT molecular complexity index is 878. The molecule has 0 radical (unpaired) electrons. The van der Waals surface area contributed by atoms with Gasteiger partial charge in [-0.3, -0.25) is 4.79 Å². The van der Waals surface area contributed by atoms with Crippen molar-refractivity contribution in [2.45, 2.75) is 11.4 Å². The van der Waals surface area contributed by atoms with Gasteiger partial charge >= 0.3 is 0 Å². The number of carbonyl (C=O) groups excluding carboxylic acids is 1. The Kier molecular flexibility index (Phi) is 6.26. The van der Waals surface area contributed by atoms with Gasteiger partial charge in [-0.1, -0.05) is 23.7 Å². The summed E-state index contributed by atoms with van der Waals surface area (Å²) in [5, 5.41) is 6.70. The van der Waals surface area contributed by atoms with Crippen LogP contribution in [0.4, 0.5) is 5.69 Å². The van der Waals surface area contributed by atoms with E-state index >= 15 is 0 Å². The van der Waals surface area contributed by atoms with E-state index in [2.05, 4.69) is 10.6 Å². The average molecular weight is 387 g/mol. The molecule has 3 aromatic rings. The summed E-state index contributed by atoms with van der Waals surface area (Å²) < 4.78 is 5.78. The number of para-hydroxylation sites is 1. The molecule has 2 aromatic carbocycles. The summed E-state index contributed by atoms with van der Waals surface area (Å²) in [5.74, 6) is 1.36. The van der Waals surface area contributed by atoms with E-state index in [1.165, 1.54) is 0 Å². The molecule has 0 saturated carbocycles. The van der Waals surface area contributed by atoms with Crippen LogP contribution in [0.3, 0.4) is 0 Å². The summed E-state index contributed by atoms with van der Waals surface area (Å²) >= 11 is 7.54. The molecule has 3 rings (SSSR count). The molecule has 1 amide bonds. The molecule has 0 bridgehead atoms. The van der Waals surface area contributed by atoms with Gasteiger partial charge in [-0.15, -0.1) is 11.8 Å². The van der Waals surface area contributed by atoms with Crippen molar-refractivity contribution in [1.82, 2.24) is 5.32 Å². The number of furan rings is 1. The van der Waals surface area contributed by atoms with Crippen LogP contribution < -0.4 is 10.6 Å². The van der Waals surface area contributed by atoms with E-state index < -0.39 is 0 Å². The first-order chi connectivity index (χ1) is 12.7. The molecule has 0 atom stereocenters. The van der Waals surface area contributed by atoms with E-state index in [1.54, 1.807) is 11.8 Å². The van der Waals surface area contributed by atoms with E-state index in [4.69, 9.17) is 16.0 Å². The molecule has 0 fully saturated rings. The molecule has 1 aromatic heterocycles. The zero-order valence-electron chi connectivity index (χ0n) is 14.3. The fourth-order valence-electron chi connectivity index (χ4n) is 2.46. The molecule has 134 valence electrons. The first-order valence-corrected chi connectivity index (χ1v) is 9.74. The first kappa shape index (κ1) is 18.4. The number of halogens is 1. The highest BCUT2D eigenvalue weighted by Gasteiger charge is 2.08. The predicted octanol–water partition coefficient (Wildman–Crippen LogP) is 5.05. The third-order valence-corrected chi connectivity index (χ3v) is 4.84. The van der Waals surface area contributed by atoms with Crippen LogP contribution in [0.15, 0.2) is 70.0 Å². The highest BCUT2D eigenvalue weighted by molar-refractivity contribution is 7.98. The Balaban J connectivity index is 1.51.